The molecule has 19 heavy (non-hydrogen) atoms. The van der Waals surface area contributed by atoms with Gasteiger partial charge in [0.1, 0.15) is 17.8 Å². The third-order valence-corrected chi connectivity index (χ3v) is 2.63. The highest BCUT2D eigenvalue weighted by molar-refractivity contribution is 5.93. The number of ether oxygens (including phenoxy) is 2. The molecule has 0 radical (unpaired) electrons. The van der Waals surface area contributed by atoms with Gasteiger partial charge >= 0.3 is 0 Å². The van der Waals surface area contributed by atoms with Crippen molar-refractivity contribution in [3.8, 4) is 11.5 Å². The molecule has 0 aliphatic rings. The highest BCUT2D eigenvalue weighted by Crippen LogP contribution is 2.24. The number of amides is 1. The maximum Gasteiger partial charge on any atom is 0.256 e. The molecule has 0 saturated heterocycles. The zero-order valence-corrected chi connectivity index (χ0v) is 10.7. The summed E-state index contributed by atoms with van der Waals surface area (Å²) in [5.74, 6) is 1.11. The fraction of sp³-hybridized carbons (Fsp3) is 0.231. The van der Waals surface area contributed by atoms with E-state index in [2.05, 4.69) is 15.0 Å². The zero-order chi connectivity index (χ0) is 13.7. The van der Waals surface area contributed by atoms with Crippen molar-refractivity contribution in [3.63, 3.8) is 0 Å². The van der Waals surface area contributed by atoms with E-state index in [0.29, 0.717) is 23.6 Å². The second-order valence-corrected chi connectivity index (χ2v) is 3.77. The fourth-order valence-electron chi connectivity index (χ4n) is 1.59. The van der Waals surface area contributed by atoms with Crippen LogP contribution in [0.4, 0.5) is 0 Å². The van der Waals surface area contributed by atoms with Crippen LogP contribution in [0.25, 0.3) is 0 Å². The van der Waals surface area contributed by atoms with Crippen molar-refractivity contribution in [2.75, 3.05) is 14.2 Å². The summed E-state index contributed by atoms with van der Waals surface area (Å²) in [7, 11) is 3.15. The van der Waals surface area contributed by atoms with Gasteiger partial charge in [0.15, 0.2) is 0 Å². The minimum Gasteiger partial charge on any atom is -0.497 e. The first-order chi connectivity index (χ1) is 9.24. The average Bonchev–Trinajstić information content (AvgIpc) is 2.98. The van der Waals surface area contributed by atoms with Gasteiger partial charge in [-0.25, -0.2) is 0 Å². The number of nitrogens with zero attached hydrogens (tertiary/aromatic N) is 1. The largest absolute Gasteiger partial charge is 0.497 e. The molecule has 1 amide bonds. The van der Waals surface area contributed by atoms with E-state index >= 15 is 0 Å². The van der Waals surface area contributed by atoms with Crippen LogP contribution in [0.1, 0.15) is 15.9 Å². The molecule has 0 aliphatic heterocycles. The van der Waals surface area contributed by atoms with Crippen molar-refractivity contribution in [2.45, 2.75) is 6.54 Å². The molecule has 1 heterocycles. The molecular formula is C13H14N2O4. The van der Waals surface area contributed by atoms with Crippen molar-refractivity contribution < 1.29 is 18.8 Å². The van der Waals surface area contributed by atoms with Crippen LogP contribution in [0.3, 0.4) is 0 Å². The molecule has 0 bridgehead atoms. The van der Waals surface area contributed by atoms with Crippen molar-refractivity contribution >= 4 is 5.91 Å². The Balaban J connectivity index is 2.05. The SMILES string of the molecule is COc1ccc(CNC(=O)c2cnoc2)c(OC)c1. The van der Waals surface area contributed by atoms with Gasteiger partial charge in [-0.05, 0) is 12.1 Å². The normalized spacial score (nSPS) is 10.0. The van der Waals surface area contributed by atoms with Gasteiger partial charge in [0, 0.05) is 18.2 Å². The van der Waals surface area contributed by atoms with E-state index in [1.54, 1.807) is 20.3 Å². The quantitative estimate of drug-likeness (QED) is 0.886. The third-order valence-electron chi connectivity index (χ3n) is 2.63. The Hall–Kier alpha value is -2.50. The molecule has 2 aromatic rings. The zero-order valence-electron chi connectivity index (χ0n) is 10.7. The number of methoxy groups -OCH3 is 2. The molecule has 0 fully saturated rings. The van der Waals surface area contributed by atoms with Crippen molar-refractivity contribution in [2.24, 2.45) is 0 Å². The monoisotopic (exact) mass is 262 g/mol. The number of carbonyl (C=O) groups excluding carboxylic acids is 1. The molecular weight excluding hydrogens is 248 g/mol. The van der Waals surface area contributed by atoms with E-state index in [9.17, 15) is 4.79 Å². The Bertz CT molecular complexity index is 552. The summed E-state index contributed by atoms with van der Waals surface area (Å²) in [6, 6.07) is 5.41. The van der Waals surface area contributed by atoms with Gasteiger partial charge in [-0.2, -0.15) is 0 Å². The summed E-state index contributed by atoms with van der Waals surface area (Å²) in [5, 5.41) is 6.23. The second kappa shape index (κ2) is 5.90. The van der Waals surface area contributed by atoms with E-state index in [1.165, 1.54) is 12.5 Å². The standard InChI is InChI=1S/C13H14N2O4/c1-17-11-4-3-9(12(5-11)18-2)6-14-13(16)10-7-15-19-8-10/h3-5,7-8H,6H2,1-2H3,(H,14,16). The van der Waals surface area contributed by atoms with Crippen LogP contribution in [0, 0.1) is 0 Å². The molecule has 100 valence electrons. The first-order valence-electron chi connectivity index (χ1n) is 5.63. The summed E-state index contributed by atoms with van der Waals surface area (Å²) in [6.45, 7) is 0.344. The summed E-state index contributed by atoms with van der Waals surface area (Å²) >= 11 is 0. The van der Waals surface area contributed by atoms with E-state index in [0.717, 1.165) is 5.56 Å². The van der Waals surface area contributed by atoms with Crippen LogP contribution in [-0.2, 0) is 6.54 Å². The lowest BCUT2D eigenvalue weighted by Gasteiger charge is -2.10. The molecule has 1 aromatic carbocycles. The Labute approximate surface area is 110 Å². The summed E-state index contributed by atoms with van der Waals surface area (Å²) in [5.41, 5.74) is 1.24. The molecule has 1 aromatic heterocycles. The predicted octanol–water partition coefficient (Wildman–Crippen LogP) is 1.62. The molecule has 1 N–H and O–H groups in total. The predicted molar refractivity (Wildman–Crippen MR) is 67.2 cm³/mol. The minimum atomic E-state index is -0.251. The van der Waals surface area contributed by atoms with E-state index in [-0.39, 0.29) is 5.91 Å². The maximum atomic E-state index is 11.7. The van der Waals surface area contributed by atoms with Crippen LogP contribution < -0.4 is 14.8 Å². The topological polar surface area (TPSA) is 73.6 Å². The van der Waals surface area contributed by atoms with E-state index in [1.807, 2.05) is 12.1 Å². The Kier molecular flexibility index (Phi) is 4.02. The molecule has 0 saturated carbocycles. The number of rotatable bonds is 5. The van der Waals surface area contributed by atoms with Crippen molar-refractivity contribution in [1.82, 2.24) is 10.5 Å². The van der Waals surface area contributed by atoms with Gasteiger partial charge in [-0.15, -0.1) is 0 Å². The first-order valence-corrected chi connectivity index (χ1v) is 5.63. The molecule has 0 unspecified atom stereocenters. The van der Waals surface area contributed by atoms with Crippen LogP contribution in [-0.4, -0.2) is 25.3 Å². The van der Waals surface area contributed by atoms with Gasteiger partial charge in [0.25, 0.3) is 5.91 Å². The van der Waals surface area contributed by atoms with E-state index in [4.69, 9.17) is 9.47 Å². The van der Waals surface area contributed by atoms with Crippen LogP contribution in [0.15, 0.2) is 35.2 Å². The number of hydrogen-bond acceptors (Lipinski definition) is 5. The van der Waals surface area contributed by atoms with Crippen LogP contribution in [0.2, 0.25) is 0 Å². The molecule has 0 spiro atoms. The number of hydrogen-bond donors (Lipinski definition) is 1. The Morgan fingerprint density at radius 2 is 2.21 bits per heavy atom. The van der Waals surface area contributed by atoms with Crippen LogP contribution in [0.5, 0.6) is 11.5 Å². The van der Waals surface area contributed by atoms with Gasteiger partial charge in [-0.3, -0.25) is 4.79 Å². The summed E-state index contributed by atoms with van der Waals surface area (Å²) in [4.78, 5) is 11.7. The van der Waals surface area contributed by atoms with Crippen molar-refractivity contribution in [1.29, 1.82) is 0 Å². The van der Waals surface area contributed by atoms with E-state index < -0.39 is 0 Å². The van der Waals surface area contributed by atoms with Gasteiger partial charge in [-0.1, -0.05) is 5.16 Å². The van der Waals surface area contributed by atoms with Crippen molar-refractivity contribution in [3.05, 3.63) is 41.8 Å². The van der Waals surface area contributed by atoms with Gasteiger partial charge in [0.05, 0.1) is 26.0 Å². The minimum absolute atomic E-state index is 0.251. The Morgan fingerprint density at radius 1 is 1.37 bits per heavy atom. The number of benzene rings is 1. The highest BCUT2D eigenvalue weighted by atomic mass is 16.5. The Morgan fingerprint density at radius 3 is 2.84 bits per heavy atom. The van der Waals surface area contributed by atoms with Crippen LogP contribution >= 0.6 is 0 Å². The fourth-order valence-corrected chi connectivity index (χ4v) is 1.59. The molecule has 0 atom stereocenters. The molecule has 0 aliphatic carbocycles. The first kappa shape index (κ1) is 12.9. The summed E-state index contributed by atoms with van der Waals surface area (Å²) in [6.07, 6.45) is 2.65. The highest BCUT2D eigenvalue weighted by Gasteiger charge is 2.10. The summed E-state index contributed by atoms with van der Waals surface area (Å²) < 4.78 is 15.0. The third kappa shape index (κ3) is 3.04. The maximum absolute atomic E-state index is 11.7. The molecule has 6 heteroatoms. The number of carbonyl (C=O) groups is 1. The molecule has 2 rings (SSSR count). The number of aromatic nitrogens is 1. The lowest BCUT2D eigenvalue weighted by atomic mass is 10.2. The average molecular weight is 262 g/mol. The smallest absolute Gasteiger partial charge is 0.256 e. The lowest BCUT2D eigenvalue weighted by molar-refractivity contribution is 0.0950. The van der Waals surface area contributed by atoms with Gasteiger partial charge < -0.3 is 19.3 Å². The molecule has 6 nitrogen and oxygen atoms in total. The second-order valence-electron chi connectivity index (χ2n) is 3.77. The van der Waals surface area contributed by atoms with Gasteiger partial charge in [0.2, 0.25) is 0 Å². The lowest BCUT2D eigenvalue weighted by Crippen LogP contribution is -2.22. The number of nitrogens with one attached hydrogen (secondary N) is 1.